The topological polar surface area (TPSA) is 135 Å². The number of nitrogens with zero attached hydrogens (tertiary/aromatic N) is 3. The Balaban J connectivity index is 1.53. The molecule has 41 heavy (non-hydrogen) atoms. The van der Waals surface area contributed by atoms with E-state index in [1.54, 1.807) is 14.0 Å². The highest BCUT2D eigenvalue weighted by molar-refractivity contribution is 7.22. The van der Waals surface area contributed by atoms with E-state index in [0.29, 0.717) is 26.9 Å². The van der Waals surface area contributed by atoms with Crippen LogP contribution < -0.4 is 16.0 Å². The van der Waals surface area contributed by atoms with Gasteiger partial charge in [0.1, 0.15) is 29.0 Å². The van der Waals surface area contributed by atoms with E-state index in [2.05, 4.69) is 4.98 Å². The highest BCUT2D eigenvalue weighted by atomic mass is 32.1. The maximum absolute atomic E-state index is 14.0. The first-order valence-corrected chi connectivity index (χ1v) is 14.4. The second kappa shape index (κ2) is 10.9. The zero-order valence-electron chi connectivity index (χ0n) is 22.9. The van der Waals surface area contributed by atoms with Gasteiger partial charge in [0.25, 0.3) is 5.56 Å². The van der Waals surface area contributed by atoms with Gasteiger partial charge >= 0.3 is 11.7 Å². The summed E-state index contributed by atoms with van der Waals surface area (Å²) in [7, 11) is 1.58. The van der Waals surface area contributed by atoms with Crippen LogP contribution in [0.4, 0.5) is 0 Å². The number of thiophene rings is 1. The third-order valence-corrected chi connectivity index (χ3v) is 9.36. The maximum Gasteiger partial charge on any atom is 0.333 e. The molecule has 0 saturated carbocycles. The largest absolute Gasteiger partial charge is 0.496 e. The van der Waals surface area contributed by atoms with Gasteiger partial charge in [-0.05, 0) is 51.2 Å². The lowest BCUT2D eigenvalue weighted by atomic mass is 10.0. The van der Waals surface area contributed by atoms with E-state index < -0.39 is 29.4 Å². The van der Waals surface area contributed by atoms with Crippen LogP contribution >= 0.6 is 11.3 Å². The van der Waals surface area contributed by atoms with E-state index in [1.807, 2.05) is 24.3 Å². The summed E-state index contributed by atoms with van der Waals surface area (Å²) >= 11 is 1.21. The molecule has 216 valence electrons. The Morgan fingerprint density at radius 2 is 1.95 bits per heavy atom. The maximum atomic E-state index is 14.0. The van der Waals surface area contributed by atoms with Crippen LogP contribution in [-0.4, -0.2) is 50.6 Å². The quantitative estimate of drug-likeness (QED) is 0.307. The first-order chi connectivity index (χ1) is 19.8. The average Bonchev–Trinajstić information content (AvgIpc) is 3.69. The van der Waals surface area contributed by atoms with Crippen molar-refractivity contribution in [2.24, 2.45) is 0 Å². The first-order valence-electron chi connectivity index (χ1n) is 13.6. The van der Waals surface area contributed by atoms with Gasteiger partial charge < -0.3 is 23.7 Å². The lowest BCUT2D eigenvalue weighted by Crippen LogP contribution is -2.44. The van der Waals surface area contributed by atoms with Crippen molar-refractivity contribution in [3.8, 4) is 16.5 Å². The van der Waals surface area contributed by atoms with Crippen molar-refractivity contribution in [2.45, 2.75) is 76.5 Å². The van der Waals surface area contributed by atoms with Crippen LogP contribution in [0.1, 0.15) is 55.9 Å². The van der Waals surface area contributed by atoms with E-state index in [0.717, 1.165) is 35.8 Å². The number of carboxylic acid groups (broad SMARTS) is 1. The van der Waals surface area contributed by atoms with Crippen LogP contribution in [0.25, 0.3) is 21.0 Å². The molecule has 2 saturated heterocycles. The van der Waals surface area contributed by atoms with Gasteiger partial charge in [-0.1, -0.05) is 18.2 Å². The molecule has 5 heterocycles. The molecule has 0 spiro atoms. The number of carbonyl (C=O) groups is 1. The predicted molar refractivity (Wildman–Crippen MR) is 151 cm³/mol. The van der Waals surface area contributed by atoms with Gasteiger partial charge in [-0.3, -0.25) is 9.36 Å². The molecule has 11 nitrogen and oxygen atoms in total. The fourth-order valence-electron chi connectivity index (χ4n) is 5.98. The summed E-state index contributed by atoms with van der Waals surface area (Å²) in [5.74, 6) is -0.367. The van der Waals surface area contributed by atoms with E-state index in [4.69, 9.17) is 18.6 Å². The molecule has 1 aromatic carbocycles. The van der Waals surface area contributed by atoms with Gasteiger partial charge in [-0.25, -0.2) is 19.1 Å². The molecule has 2 fully saturated rings. The summed E-state index contributed by atoms with van der Waals surface area (Å²) in [6.07, 6.45) is 5.99. The Bertz CT molecular complexity index is 1690. The van der Waals surface area contributed by atoms with E-state index in [9.17, 15) is 19.5 Å². The second-order valence-corrected chi connectivity index (χ2v) is 11.6. The Hall–Kier alpha value is -3.74. The third kappa shape index (κ3) is 4.89. The Morgan fingerprint density at radius 3 is 2.61 bits per heavy atom. The number of aryl methyl sites for hydroxylation is 1. The number of ether oxygens (including phenoxy) is 3. The lowest BCUT2D eigenvalue weighted by molar-refractivity contribution is -0.140. The normalized spacial score (nSPS) is 21.7. The zero-order chi connectivity index (χ0) is 28.8. The fourth-order valence-corrected chi connectivity index (χ4v) is 7.22. The number of carboxylic acids is 1. The Kier molecular flexibility index (Phi) is 7.30. The average molecular weight is 582 g/mol. The monoisotopic (exact) mass is 581 g/mol. The summed E-state index contributed by atoms with van der Waals surface area (Å²) < 4.78 is 26.2. The molecular weight excluding hydrogens is 550 g/mol. The molecule has 2 aliphatic heterocycles. The summed E-state index contributed by atoms with van der Waals surface area (Å²) in [4.78, 5) is 44.9. The minimum atomic E-state index is -1.38. The molecule has 3 unspecified atom stereocenters. The van der Waals surface area contributed by atoms with Crippen molar-refractivity contribution < 1.29 is 28.5 Å². The van der Waals surface area contributed by atoms with Crippen molar-refractivity contribution in [1.82, 2.24) is 14.1 Å². The van der Waals surface area contributed by atoms with Gasteiger partial charge in [0.05, 0.1) is 48.4 Å². The van der Waals surface area contributed by atoms with Crippen LogP contribution in [0.3, 0.4) is 0 Å². The fraction of sp³-hybridized carbons (Fsp3) is 0.448. The van der Waals surface area contributed by atoms with Crippen LogP contribution in [0, 0.1) is 6.92 Å². The minimum Gasteiger partial charge on any atom is -0.496 e. The minimum absolute atomic E-state index is 0.0278. The van der Waals surface area contributed by atoms with Crippen molar-refractivity contribution in [3.63, 3.8) is 0 Å². The number of para-hydroxylation sites is 1. The number of aromatic nitrogens is 3. The standard InChI is InChI=1S/C29H31N3O8S/c1-15-23-26(33)32(16(2)28(34)35)29(36)31(27(23)41-24(15)25-30-10-11-38-25)14-22(20-6-4-5-7-21(20)37-3)40-19-12-17-8-9-18(13-19)39-17/h4-7,10-11,16-19,22H,8-9,12-14H2,1-3H3,(H,34,35)/t16?,17-,18+,19?,22?. The summed E-state index contributed by atoms with van der Waals surface area (Å²) in [6.45, 7) is 3.10. The van der Waals surface area contributed by atoms with Crippen LogP contribution in [0.15, 0.2) is 50.7 Å². The molecular formula is C29H31N3O8S. The molecule has 4 aromatic rings. The summed E-state index contributed by atoms with van der Waals surface area (Å²) in [5.41, 5.74) is -0.0842. The van der Waals surface area contributed by atoms with Crippen LogP contribution in [0.5, 0.6) is 5.75 Å². The van der Waals surface area contributed by atoms with Gasteiger partial charge in [-0.15, -0.1) is 11.3 Å². The van der Waals surface area contributed by atoms with E-state index in [-0.39, 0.29) is 30.2 Å². The zero-order valence-corrected chi connectivity index (χ0v) is 23.8. The number of fused-ring (bicyclic) bond motifs is 3. The molecule has 3 aromatic heterocycles. The number of hydrogen-bond donors (Lipinski definition) is 1. The van der Waals surface area contributed by atoms with Crippen molar-refractivity contribution in [1.29, 1.82) is 0 Å². The van der Waals surface area contributed by atoms with Crippen molar-refractivity contribution >= 4 is 27.5 Å². The molecule has 1 N–H and O–H groups in total. The lowest BCUT2D eigenvalue weighted by Gasteiger charge is -2.32. The molecule has 5 atom stereocenters. The second-order valence-electron chi connectivity index (χ2n) is 10.6. The van der Waals surface area contributed by atoms with Gasteiger partial charge in [0.2, 0.25) is 5.89 Å². The number of rotatable bonds is 9. The van der Waals surface area contributed by atoms with Gasteiger partial charge in [0.15, 0.2) is 0 Å². The van der Waals surface area contributed by atoms with Crippen molar-refractivity contribution in [3.05, 3.63) is 68.7 Å². The Labute approximate surface area is 238 Å². The highest BCUT2D eigenvalue weighted by Gasteiger charge is 2.37. The van der Waals surface area contributed by atoms with E-state index in [1.165, 1.54) is 35.3 Å². The molecule has 2 bridgehead atoms. The third-order valence-electron chi connectivity index (χ3n) is 8.05. The molecule has 0 aliphatic carbocycles. The number of methoxy groups -OCH3 is 1. The Morgan fingerprint density at radius 1 is 1.22 bits per heavy atom. The molecule has 0 radical (unpaired) electrons. The van der Waals surface area contributed by atoms with Crippen LogP contribution in [0.2, 0.25) is 0 Å². The summed E-state index contributed by atoms with van der Waals surface area (Å²) in [6, 6.07) is 6.09. The molecule has 2 aliphatic rings. The number of benzene rings is 1. The summed E-state index contributed by atoms with van der Waals surface area (Å²) in [5, 5.41) is 10.0. The van der Waals surface area contributed by atoms with E-state index >= 15 is 0 Å². The van der Waals surface area contributed by atoms with Gasteiger partial charge in [0, 0.05) is 5.56 Å². The van der Waals surface area contributed by atoms with Gasteiger partial charge in [-0.2, -0.15) is 0 Å². The number of oxazole rings is 1. The van der Waals surface area contributed by atoms with Crippen LogP contribution in [-0.2, 0) is 20.8 Å². The highest BCUT2D eigenvalue weighted by Crippen LogP contribution is 2.40. The number of hydrogen-bond acceptors (Lipinski definition) is 9. The smallest absolute Gasteiger partial charge is 0.333 e. The van der Waals surface area contributed by atoms with Crippen molar-refractivity contribution in [2.75, 3.05) is 7.11 Å². The molecule has 0 amide bonds. The SMILES string of the molecule is COc1ccccc1C(Cn1c(=O)n(C(C)C(=O)O)c(=O)c2c(C)c(-c3ncco3)sc21)OC1C[C@H]2CC[C@@H](C1)O2. The predicted octanol–water partition coefficient (Wildman–Crippen LogP) is 4.31. The molecule has 12 heteroatoms. The first kappa shape index (κ1) is 27.4. The molecule has 6 rings (SSSR count). The number of aliphatic carboxylic acids is 1.